The van der Waals surface area contributed by atoms with E-state index in [0.29, 0.717) is 15.8 Å². The molecule has 33 heavy (non-hydrogen) atoms. The van der Waals surface area contributed by atoms with Gasteiger partial charge in [-0.05, 0) is 48.5 Å². The Morgan fingerprint density at radius 2 is 1.94 bits per heavy atom. The zero-order valence-electron chi connectivity index (χ0n) is 17.0. The molecule has 10 heteroatoms. The van der Waals surface area contributed by atoms with Gasteiger partial charge in [0.2, 0.25) is 0 Å². The first-order valence-corrected chi connectivity index (χ1v) is 10.3. The molecule has 0 fully saturated rings. The Labute approximate surface area is 196 Å². The van der Waals surface area contributed by atoms with Gasteiger partial charge in [-0.15, -0.1) is 0 Å². The average molecular weight is 514 g/mol. The van der Waals surface area contributed by atoms with Crippen LogP contribution in [0.25, 0.3) is 6.08 Å². The first-order chi connectivity index (χ1) is 15.9. The molecule has 0 aliphatic heterocycles. The minimum atomic E-state index is -0.726. The Balaban J connectivity index is 1.56. The van der Waals surface area contributed by atoms with Crippen molar-refractivity contribution in [1.29, 1.82) is 0 Å². The van der Waals surface area contributed by atoms with Crippen molar-refractivity contribution in [3.8, 4) is 5.75 Å². The third-order valence-electron chi connectivity index (χ3n) is 4.03. The molecule has 0 bridgehead atoms. The number of hydrogen-bond donors (Lipinski definition) is 2. The van der Waals surface area contributed by atoms with Gasteiger partial charge in [0.25, 0.3) is 11.8 Å². The number of carbonyl (C=O) groups is 3. The van der Waals surface area contributed by atoms with E-state index in [2.05, 4.69) is 31.8 Å². The van der Waals surface area contributed by atoms with Crippen molar-refractivity contribution >= 4 is 46.0 Å². The maximum absolute atomic E-state index is 13.6. The van der Waals surface area contributed by atoms with Crippen LogP contribution >= 0.6 is 15.9 Å². The lowest BCUT2D eigenvalue weighted by molar-refractivity contribution is -0.129. The molecular formula is C23H17BrFN3O5. The molecule has 0 spiro atoms. The van der Waals surface area contributed by atoms with Gasteiger partial charge in [0.15, 0.2) is 0 Å². The molecule has 0 saturated carbocycles. The van der Waals surface area contributed by atoms with Gasteiger partial charge in [0.1, 0.15) is 17.3 Å². The van der Waals surface area contributed by atoms with E-state index in [-0.39, 0.29) is 11.3 Å². The van der Waals surface area contributed by atoms with Crippen LogP contribution in [0, 0.1) is 5.82 Å². The molecule has 0 aliphatic rings. The molecule has 0 unspecified atom stereocenters. The second kappa shape index (κ2) is 11.5. The van der Waals surface area contributed by atoms with Gasteiger partial charge in [0.05, 0.1) is 24.6 Å². The van der Waals surface area contributed by atoms with Gasteiger partial charge in [-0.3, -0.25) is 9.59 Å². The number of nitrogens with one attached hydrogen (secondary N) is 2. The predicted octanol–water partition coefficient (Wildman–Crippen LogP) is 3.68. The molecular weight excluding hydrogens is 497 g/mol. The van der Waals surface area contributed by atoms with Gasteiger partial charge in [-0.2, -0.15) is 5.10 Å². The van der Waals surface area contributed by atoms with Crippen LogP contribution in [0.5, 0.6) is 5.75 Å². The predicted molar refractivity (Wildman–Crippen MR) is 122 cm³/mol. The standard InChI is InChI=1S/C23H17BrFN3O5/c24-16-7-9-20(33-22(30)10-8-17-4-3-11-32-17)15(12-16)13-27-28-21(29)14-26-23(31)18-5-1-2-6-19(18)25/h1-13H,14H2,(H,26,31)(H,28,29)/b10-8+,27-13?. The molecule has 2 N–H and O–H groups in total. The van der Waals surface area contributed by atoms with Crippen LogP contribution in [0.2, 0.25) is 0 Å². The summed E-state index contributed by atoms with van der Waals surface area (Å²) in [5.74, 6) is -1.98. The highest BCUT2D eigenvalue weighted by Gasteiger charge is 2.12. The molecule has 0 aliphatic carbocycles. The number of hydrazone groups is 1. The maximum atomic E-state index is 13.6. The number of amides is 2. The fourth-order valence-electron chi connectivity index (χ4n) is 2.51. The quantitative estimate of drug-likeness (QED) is 0.157. The largest absolute Gasteiger partial charge is 0.465 e. The van der Waals surface area contributed by atoms with Crippen LogP contribution < -0.4 is 15.5 Å². The van der Waals surface area contributed by atoms with Crippen molar-refractivity contribution in [2.24, 2.45) is 5.10 Å². The zero-order valence-corrected chi connectivity index (χ0v) is 18.5. The summed E-state index contributed by atoms with van der Waals surface area (Å²) in [5.41, 5.74) is 2.47. The van der Waals surface area contributed by atoms with E-state index in [1.807, 2.05) is 0 Å². The van der Waals surface area contributed by atoms with E-state index in [9.17, 15) is 18.8 Å². The van der Waals surface area contributed by atoms with Gasteiger partial charge < -0.3 is 14.5 Å². The number of carbonyl (C=O) groups excluding carboxylic acids is 3. The second-order valence-corrected chi connectivity index (χ2v) is 7.32. The van der Waals surface area contributed by atoms with Gasteiger partial charge in [-0.25, -0.2) is 14.6 Å². The number of rotatable bonds is 8. The summed E-state index contributed by atoms with van der Waals surface area (Å²) >= 11 is 3.32. The highest BCUT2D eigenvalue weighted by atomic mass is 79.9. The van der Waals surface area contributed by atoms with Crippen molar-refractivity contribution in [2.75, 3.05) is 6.54 Å². The molecule has 1 heterocycles. The minimum Gasteiger partial charge on any atom is -0.465 e. The molecule has 0 atom stereocenters. The molecule has 168 valence electrons. The van der Waals surface area contributed by atoms with E-state index in [4.69, 9.17) is 9.15 Å². The highest BCUT2D eigenvalue weighted by molar-refractivity contribution is 9.10. The number of hydrogen-bond acceptors (Lipinski definition) is 6. The van der Waals surface area contributed by atoms with E-state index >= 15 is 0 Å². The number of halogens is 2. The lowest BCUT2D eigenvalue weighted by Crippen LogP contribution is -2.35. The summed E-state index contributed by atoms with van der Waals surface area (Å²) in [6.45, 7) is -0.414. The molecule has 2 amide bonds. The normalized spacial score (nSPS) is 11.0. The Morgan fingerprint density at radius 3 is 2.70 bits per heavy atom. The highest BCUT2D eigenvalue weighted by Crippen LogP contribution is 2.22. The van der Waals surface area contributed by atoms with Gasteiger partial charge in [-0.1, -0.05) is 28.1 Å². The van der Waals surface area contributed by atoms with Gasteiger partial charge in [0, 0.05) is 16.1 Å². The summed E-state index contributed by atoms with van der Waals surface area (Å²) in [7, 11) is 0. The molecule has 2 aromatic carbocycles. The summed E-state index contributed by atoms with van der Waals surface area (Å²) in [6, 6.07) is 13.7. The lowest BCUT2D eigenvalue weighted by atomic mass is 10.2. The van der Waals surface area contributed by atoms with Crippen molar-refractivity contribution < 1.29 is 27.9 Å². The Morgan fingerprint density at radius 1 is 1.12 bits per heavy atom. The molecule has 0 saturated heterocycles. The fourth-order valence-corrected chi connectivity index (χ4v) is 2.89. The van der Waals surface area contributed by atoms with Crippen LogP contribution in [-0.4, -0.2) is 30.5 Å². The SMILES string of the molecule is O=C(CNC(=O)c1ccccc1F)NN=Cc1cc(Br)ccc1OC(=O)/C=C/c1ccco1. The zero-order chi connectivity index (χ0) is 23.6. The number of benzene rings is 2. The lowest BCUT2D eigenvalue weighted by Gasteiger charge is -2.07. The molecule has 3 rings (SSSR count). The van der Waals surface area contributed by atoms with Crippen LogP contribution in [-0.2, 0) is 9.59 Å². The first-order valence-electron chi connectivity index (χ1n) is 9.50. The summed E-state index contributed by atoms with van der Waals surface area (Å²) < 4.78 is 24.7. The topological polar surface area (TPSA) is 110 Å². The molecule has 8 nitrogen and oxygen atoms in total. The molecule has 0 radical (unpaired) electrons. The fraction of sp³-hybridized carbons (Fsp3) is 0.0435. The van der Waals surface area contributed by atoms with E-state index in [1.165, 1.54) is 42.8 Å². The molecule has 1 aromatic heterocycles. The maximum Gasteiger partial charge on any atom is 0.336 e. The average Bonchev–Trinajstić information content (AvgIpc) is 3.32. The monoisotopic (exact) mass is 513 g/mol. The van der Waals surface area contributed by atoms with Crippen molar-refractivity contribution in [3.05, 3.63) is 94.1 Å². The smallest absolute Gasteiger partial charge is 0.336 e. The van der Waals surface area contributed by atoms with E-state index in [0.717, 1.165) is 6.07 Å². The first kappa shape index (κ1) is 23.6. The van der Waals surface area contributed by atoms with Crippen molar-refractivity contribution in [2.45, 2.75) is 0 Å². The van der Waals surface area contributed by atoms with Crippen molar-refractivity contribution in [1.82, 2.24) is 10.7 Å². The van der Waals surface area contributed by atoms with Crippen LogP contribution in [0.15, 0.2) is 80.9 Å². The van der Waals surface area contributed by atoms with Gasteiger partial charge >= 0.3 is 5.97 Å². The third-order valence-corrected chi connectivity index (χ3v) is 4.52. The number of esters is 1. The van der Waals surface area contributed by atoms with E-state index < -0.39 is 30.1 Å². The van der Waals surface area contributed by atoms with E-state index in [1.54, 1.807) is 30.3 Å². The third kappa shape index (κ3) is 7.25. The minimum absolute atomic E-state index is 0.171. The Bertz CT molecular complexity index is 1210. The van der Waals surface area contributed by atoms with Crippen LogP contribution in [0.3, 0.4) is 0 Å². The Hall–Kier alpha value is -4.05. The second-order valence-electron chi connectivity index (χ2n) is 6.41. The summed E-state index contributed by atoms with van der Waals surface area (Å²) in [5, 5.41) is 6.11. The summed E-state index contributed by atoms with van der Waals surface area (Å²) in [4.78, 5) is 36.0. The number of furan rings is 1. The number of ether oxygens (including phenoxy) is 1. The van der Waals surface area contributed by atoms with Crippen LogP contribution in [0.4, 0.5) is 4.39 Å². The summed E-state index contributed by atoms with van der Waals surface area (Å²) in [6.07, 6.45) is 5.43. The Kier molecular flexibility index (Phi) is 8.25. The number of nitrogens with zero attached hydrogens (tertiary/aromatic N) is 1. The van der Waals surface area contributed by atoms with Crippen molar-refractivity contribution in [3.63, 3.8) is 0 Å². The molecule has 3 aromatic rings. The van der Waals surface area contributed by atoms with Crippen LogP contribution in [0.1, 0.15) is 21.7 Å².